The summed E-state index contributed by atoms with van der Waals surface area (Å²) in [6.07, 6.45) is -1.31. The van der Waals surface area contributed by atoms with Crippen molar-refractivity contribution in [2.45, 2.75) is 65.9 Å². The molecule has 2 heterocycles. The fourth-order valence-corrected chi connectivity index (χ4v) is 5.92. The summed E-state index contributed by atoms with van der Waals surface area (Å²) in [6.45, 7) is 0.116. The summed E-state index contributed by atoms with van der Waals surface area (Å²) < 4.78 is 53.8. The summed E-state index contributed by atoms with van der Waals surface area (Å²) in [4.78, 5) is 14.5. The average Bonchev–Trinajstić information content (AvgIpc) is 3.69. The van der Waals surface area contributed by atoms with E-state index in [2.05, 4.69) is 21.6 Å². The van der Waals surface area contributed by atoms with E-state index in [0.29, 0.717) is 24.6 Å². The molecule has 3 atom stereocenters. The number of halogens is 3. The Morgan fingerprint density at radius 3 is 2.67 bits per heavy atom. The second-order valence-electron chi connectivity index (χ2n) is 8.96. The van der Waals surface area contributed by atoms with Crippen LogP contribution in [0, 0.1) is 11.3 Å². The SMILES string of the molecule is N#CC1(NC(=O)[C@@H]2C[C@@H](S(=O)c3ccccc3C(F)(F)F)CN2c2cc(C3CC3)[nH]n2)CC1. The molecule has 1 amide bonds. The van der Waals surface area contributed by atoms with E-state index in [4.69, 9.17) is 0 Å². The van der Waals surface area contributed by atoms with Gasteiger partial charge in [0.05, 0.1) is 32.6 Å². The number of anilines is 1. The number of H-pyrrole nitrogens is 1. The molecule has 5 rings (SSSR count). The lowest BCUT2D eigenvalue weighted by atomic mass is 10.1. The van der Waals surface area contributed by atoms with E-state index in [0.717, 1.165) is 24.6 Å². The molecule has 3 aliphatic rings. The van der Waals surface area contributed by atoms with Crippen LogP contribution in [0.5, 0.6) is 0 Å². The van der Waals surface area contributed by atoms with Crippen LogP contribution in [0.25, 0.3) is 0 Å². The minimum absolute atomic E-state index is 0.0950. The number of aromatic amines is 1. The molecule has 1 aromatic heterocycles. The molecular weight excluding hydrogens is 455 g/mol. The predicted octanol–water partition coefficient (Wildman–Crippen LogP) is 3.23. The molecule has 2 aliphatic carbocycles. The molecular formula is C22H22F3N5O2S. The van der Waals surface area contributed by atoms with Gasteiger partial charge in [0.25, 0.3) is 0 Å². The minimum atomic E-state index is -4.63. The number of nitrogens with zero attached hydrogens (tertiary/aromatic N) is 3. The third-order valence-electron chi connectivity index (χ3n) is 6.50. The van der Waals surface area contributed by atoms with Crippen LogP contribution in [-0.2, 0) is 21.8 Å². The molecule has 1 aliphatic heterocycles. The van der Waals surface area contributed by atoms with Crippen molar-refractivity contribution in [1.29, 1.82) is 5.26 Å². The zero-order valence-electron chi connectivity index (χ0n) is 17.6. The zero-order valence-corrected chi connectivity index (χ0v) is 18.4. The summed E-state index contributed by atoms with van der Waals surface area (Å²) in [5, 5.41) is 18.7. The Balaban J connectivity index is 1.43. The molecule has 0 bridgehead atoms. The number of amides is 1. The van der Waals surface area contributed by atoms with Gasteiger partial charge in [-0.2, -0.15) is 23.5 Å². The van der Waals surface area contributed by atoms with Crippen LogP contribution in [0.15, 0.2) is 35.2 Å². The lowest BCUT2D eigenvalue weighted by Gasteiger charge is -2.24. The van der Waals surface area contributed by atoms with Crippen LogP contribution in [-0.4, -0.2) is 43.7 Å². The topological polar surface area (TPSA) is 102 Å². The molecule has 0 radical (unpaired) electrons. The number of rotatable bonds is 6. The number of alkyl halides is 3. The molecule has 1 saturated heterocycles. The van der Waals surface area contributed by atoms with Gasteiger partial charge in [-0.25, -0.2) is 0 Å². The van der Waals surface area contributed by atoms with E-state index < -0.39 is 45.3 Å². The van der Waals surface area contributed by atoms with Crippen LogP contribution >= 0.6 is 0 Å². The smallest absolute Gasteiger partial charge is 0.342 e. The fraction of sp³-hybridized carbons (Fsp3) is 0.500. The molecule has 2 aromatic rings. The fourth-order valence-electron chi connectivity index (χ4n) is 4.30. The van der Waals surface area contributed by atoms with Gasteiger partial charge >= 0.3 is 6.18 Å². The Labute approximate surface area is 190 Å². The van der Waals surface area contributed by atoms with Crippen molar-refractivity contribution in [2.24, 2.45) is 0 Å². The molecule has 1 aromatic carbocycles. The first kappa shape index (κ1) is 21.9. The number of carbonyl (C=O) groups excluding carboxylic acids is 1. The van der Waals surface area contributed by atoms with E-state index in [1.54, 1.807) is 4.90 Å². The van der Waals surface area contributed by atoms with E-state index in [1.165, 1.54) is 18.2 Å². The van der Waals surface area contributed by atoms with E-state index in [-0.39, 0.29) is 17.9 Å². The maximum Gasteiger partial charge on any atom is 0.417 e. The van der Waals surface area contributed by atoms with E-state index in [1.807, 2.05) is 6.07 Å². The lowest BCUT2D eigenvalue weighted by molar-refractivity contribution is -0.139. The highest BCUT2D eigenvalue weighted by Gasteiger charge is 2.49. The molecule has 0 spiro atoms. The third kappa shape index (κ3) is 4.24. The lowest BCUT2D eigenvalue weighted by Crippen LogP contribution is -2.47. The van der Waals surface area contributed by atoms with Crippen LogP contribution in [0.3, 0.4) is 0 Å². The molecule has 33 heavy (non-hydrogen) atoms. The number of carbonyl (C=O) groups is 1. The monoisotopic (exact) mass is 477 g/mol. The van der Waals surface area contributed by atoms with E-state index >= 15 is 0 Å². The average molecular weight is 478 g/mol. The first-order chi connectivity index (χ1) is 15.7. The third-order valence-corrected chi connectivity index (χ3v) is 8.24. The Hall–Kier alpha value is -2.87. The summed E-state index contributed by atoms with van der Waals surface area (Å²) in [6, 6.07) is 8.03. The van der Waals surface area contributed by atoms with Gasteiger partial charge in [-0.3, -0.25) is 14.1 Å². The largest absolute Gasteiger partial charge is 0.417 e. The predicted molar refractivity (Wildman–Crippen MR) is 114 cm³/mol. The van der Waals surface area contributed by atoms with Crippen molar-refractivity contribution in [1.82, 2.24) is 15.5 Å². The zero-order chi connectivity index (χ0) is 23.4. The van der Waals surface area contributed by atoms with Crippen molar-refractivity contribution < 1.29 is 22.2 Å². The van der Waals surface area contributed by atoms with Gasteiger partial charge in [0.15, 0.2) is 5.82 Å². The number of benzene rings is 1. The van der Waals surface area contributed by atoms with Crippen molar-refractivity contribution in [3.05, 3.63) is 41.6 Å². The summed E-state index contributed by atoms with van der Waals surface area (Å²) in [7, 11) is -1.99. The first-order valence-corrected chi connectivity index (χ1v) is 12.0. The van der Waals surface area contributed by atoms with Crippen molar-refractivity contribution >= 4 is 22.5 Å². The second kappa shape index (κ2) is 7.87. The van der Waals surface area contributed by atoms with Gasteiger partial charge < -0.3 is 10.2 Å². The minimum Gasteiger partial charge on any atom is -0.342 e. The summed E-state index contributed by atoms with van der Waals surface area (Å²) in [5.41, 5.74) is -0.861. The van der Waals surface area contributed by atoms with Crippen LogP contribution < -0.4 is 10.2 Å². The molecule has 7 nitrogen and oxygen atoms in total. The van der Waals surface area contributed by atoms with Crippen molar-refractivity contribution in [3.63, 3.8) is 0 Å². The first-order valence-electron chi connectivity index (χ1n) is 10.8. The van der Waals surface area contributed by atoms with Crippen molar-refractivity contribution in [2.75, 3.05) is 11.4 Å². The van der Waals surface area contributed by atoms with Gasteiger partial charge in [0.2, 0.25) is 5.91 Å². The Kier molecular flexibility index (Phi) is 5.23. The molecule has 174 valence electrons. The number of hydrogen-bond acceptors (Lipinski definition) is 5. The number of aromatic nitrogens is 2. The molecule has 11 heteroatoms. The second-order valence-corrected chi connectivity index (χ2v) is 10.7. The number of nitrogens with one attached hydrogen (secondary N) is 2. The maximum atomic E-state index is 13.5. The molecule has 1 unspecified atom stereocenters. The summed E-state index contributed by atoms with van der Waals surface area (Å²) >= 11 is 0. The number of hydrogen-bond donors (Lipinski definition) is 2. The van der Waals surface area contributed by atoms with Gasteiger partial charge in [0, 0.05) is 24.2 Å². The maximum absolute atomic E-state index is 13.5. The van der Waals surface area contributed by atoms with E-state index in [9.17, 15) is 27.4 Å². The number of nitriles is 1. The van der Waals surface area contributed by atoms with Gasteiger partial charge in [-0.1, -0.05) is 12.1 Å². The Morgan fingerprint density at radius 1 is 1.30 bits per heavy atom. The highest BCUT2D eigenvalue weighted by atomic mass is 32.2. The van der Waals surface area contributed by atoms with Crippen molar-refractivity contribution in [3.8, 4) is 6.07 Å². The molecule has 2 saturated carbocycles. The van der Waals surface area contributed by atoms with Gasteiger partial charge in [0.1, 0.15) is 11.6 Å². The van der Waals surface area contributed by atoms with Gasteiger partial charge in [-0.05, 0) is 44.2 Å². The molecule has 2 N–H and O–H groups in total. The Morgan fingerprint density at radius 2 is 2.03 bits per heavy atom. The quantitative estimate of drug-likeness (QED) is 0.665. The van der Waals surface area contributed by atoms with Crippen LogP contribution in [0.2, 0.25) is 0 Å². The van der Waals surface area contributed by atoms with Crippen LogP contribution in [0.1, 0.15) is 49.3 Å². The highest BCUT2D eigenvalue weighted by Crippen LogP contribution is 2.42. The molecule has 3 fully saturated rings. The summed E-state index contributed by atoms with van der Waals surface area (Å²) in [5.74, 6) is 0.508. The van der Waals surface area contributed by atoms with Gasteiger partial charge in [-0.15, -0.1) is 0 Å². The Bertz CT molecular complexity index is 1150. The van der Waals surface area contributed by atoms with Crippen LogP contribution in [0.4, 0.5) is 19.0 Å². The standard InChI is InChI=1S/C22H22F3N5O2S/c23-22(24,25)15-3-1-2-4-18(15)33(32)14-9-17(20(31)27-21(12-26)7-8-21)30(11-14)19-10-16(28-29-19)13-5-6-13/h1-4,10,13-14,17H,5-9,11H2,(H,27,31)(H,28,29)/t14-,17+,33?/m1/s1. The highest BCUT2D eigenvalue weighted by molar-refractivity contribution is 7.85. The normalized spacial score (nSPS) is 24.8.